The highest BCUT2D eigenvalue weighted by Crippen LogP contribution is 2.33. The van der Waals surface area contributed by atoms with Gasteiger partial charge < -0.3 is 15.1 Å². The predicted octanol–water partition coefficient (Wildman–Crippen LogP) is 6.06. The van der Waals surface area contributed by atoms with Gasteiger partial charge in [0.15, 0.2) is 0 Å². The van der Waals surface area contributed by atoms with Gasteiger partial charge in [0.2, 0.25) is 0 Å². The summed E-state index contributed by atoms with van der Waals surface area (Å²) in [5.41, 5.74) is 2.29. The largest absolute Gasteiger partial charge is 0.366 e. The van der Waals surface area contributed by atoms with Crippen molar-refractivity contribution in [3.05, 3.63) is 77.1 Å². The zero-order valence-electron chi connectivity index (χ0n) is 18.2. The van der Waals surface area contributed by atoms with E-state index in [4.69, 9.17) is 4.37 Å². The fraction of sp³-hybridized carbons (Fsp3) is 0.160. The van der Waals surface area contributed by atoms with Crippen LogP contribution in [0.25, 0.3) is 20.0 Å². The van der Waals surface area contributed by atoms with Gasteiger partial charge in [0.05, 0.1) is 21.0 Å². The van der Waals surface area contributed by atoms with E-state index in [1.165, 1.54) is 21.4 Å². The fourth-order valence-corrected chi connectivity index (χ4v) is 6.60. The molecular formula is C25H21N5OS3. The molecule has 0 bridgehead atoms. The topological polar surface area (TPSA) is 61.4 Å². The molecule has 0 unspecified atom stereocenters. The maximum absolute atomic E-state index is 13.0. The van der Waals surface area contributed by atoms with Crippen LogP contribution < -0.4 is 15.1 Å². The van der Waals surface area contributed by atoms with Crippen molar-refractivity contribution in [2.24, 2.45) is 0 Å². The van der Waals surface area contributed by atoms with Crippen molar-refractivity contribution in [2.45, 2.75) is 0 Å². The molecule has 0 spiro atoms. The molecule has 1 N–H and O–H groups in total. The Balaban J connectivity index is 1.16. The van der Waals surface area contributed by atoms with Crippen LogP contribution in [0.15, 0.2) is 71.4 Å². The Morgan fingerprint density at radius 2 is 1.68 bits per heavy atom. The van der Waals surface area contributed by atoms with Crippen LogP contribution in [0.1, 0.15) is 10.5 Å². The van der Waals surface area contributed by atoms with Crippen molar-refractivity contribution in [3.8, 4) is 9.88 Å². The molecule has 3 aromatic heterocycles. The lowest BCUT2D eigenvalue weighted by molar-refractivity contribution is 0.102. The van der Waals surface area contributed by atoms with Crippen LogP contribution in [0, 0.1) is 0 Å². The Kier molecular flexibility index (Phi) is 5.74. The highest BCUT2D eigenvalue weighted by molar-refractivity contribution is 7.20. The maximum atomic E-state index is 13.0. The van der Waals surface area contributed by atoms with Gasteiger partial charge in [0, 0.05) is 36.9 Å². The van der Waals surface area contributed by atoms with Gasteiger partial charge in [-0.15, -0.1) is 22.7 Å². The monoisotopic (exact) mass is 503 g/mol. The van der Waals surface area contributed by atoms with E-state index in [0.717, 1.165) is 53.3 Å². The minimum atomic E-state index is -0.181. The lowest BCUT2D eigenvalue weighted by atomic mass is 10.2. The summed E-state index contributed by atoms with van der Waals surface area (Å²) in [6.45, 7) is 3.48. The summed E-state index contributed by atoms with van der Waals surface area (Å²) in [6.07, 6.45) is 0. The highest BCUT2D eigenvalue weighted by atomic mass is 32.1. The Hall–Kier alpha value is -3.27. The second-order valence-corrected chi connectivity index (χ2v) is 10.6. The summed E-state index contributed by atoms with van der Waals surface area (Å²) in [4.78, 5) is 23.3. The number of piperazine rings is 1. The molecule has 1 aliphatic rings. The minimum Gasteiger partial charge on any atom is -0.366 e. The number of hydrogen-bond donors (Lipinski definition) is 1. The van der Waals surface area contributed by atoms with Crippen molar-refractivity contribution in [3.63, 3.8) is 0 Å². The number of nitrogens with zero attached hydrogens (tertiary/aromatic N) is 4. The first-order valence-corrected chi connectivity index (χ1v) is 13.5. The SMILES string of the molecule is O=C(Nc1ccccc1N1CCN(c2nsc3ccccc23)CC1)c1csc(-c2cccs2)n1. The molecule has 1 fully saturated rings. The molecule has 0 radical (unpaired) electrons. The smallest absolute Gasteiger partial charge is 0.275 e. The summed E-state index contributed by atoms with van der Waals surface area (Å²) >= 11 is 4.68. The quantitative estimate of drug-likeness (QED) is 0.316. The van der Waals surface area contributed by atoms with Gasteiger partial charge >= 0.3 is 0 Å². The first-order chi connectivity index (χ1) is 16.8. The van der Waals surface area contributed by atoms with E-state index < -0.39 is 0 Å². The number of benzene rings is 2. The Labute approximate surface area is 209 Å². The predicted molar refractivity (Wildman–Crippen MR) is 144 cm³/mol. The number of thiophene rings is 1. The summed E-state index contributed by atoms with van der Waals surface area (Å²) in [5.74, 6) is 0.894. The van der Waals surface area contributed by atoms with Crippen LogP contribution in [0.4, 0.5) is 17.2 Å². The lowest BCUT2D eigenvalue weighted by Gasteiger charge is -2.37. The third kappa shape index (κ3) is 4.06. The van der Waals surface area contributed by atoms with Crippen molar-refractivity contribution < 1.29 is 4.79 Å². The average Bonchev–Trinajstić information content (AvgIpc) is 3.65. The van der Waals surface area contributed by atoms with Crippen LogP contribution in [0.5, 0.6) is 0 Å². The number of rotatable bonds is 5. The number of fused-ring (bicyclic) bond motifs is 1. The molecule has 1 aliphatic heterocycles. The molecule has 5 aromatic rings. The number of hydrogen-bond acceptors (Lipinski definition) is 8. The number of anilines is 3. The van der Waals surface area contributed by atoms with Crippen LogP contribution in [-0.4, -0.2) is 41.4 Å². The fourth-order valence-electron chi connectivity index (χ4n) is 4.19. The van der Waals surface area contributed by atoms with E-state index in [0.29, 0.717) is 5.69 Å². The molecule has 6 nitrogen and oxygen atoms in total. The molecule has 1 saturated heterocycles. The first kappa shape index (κ1) is 21.3. The Morgan fingerprint density at radius 3 is 2.53 bits per heavy atom. The Morgan fingerprint density at radius 1 is 0.882 bits per heavy atom. The zero-order chi connectivity index (χ0) is 22.9. The molecule has 0 atom stereocenters. The molecule has 2 aromatic carbocycles. The van der Waals surface area contributed by atoms with E-state index in [1.807, 2.05) is 41.1 Å². The molecule has 34 heavy (non-hydrogen) atoms. The van der Waals surface area contributed by atoms with Crippen LogP contribution in [0.2, 0.25) is 0 Å². The number of aromatic nitrogens is 2. The molecule has 0 aliphatic carbocycles. The van der Waals surface area contributed by atoms with E-state index in [-0.39, 0.29) is 5.91 Å². The van der Waals surface area contributed by atoms with Gasteiger partial charge in [-0.3, -0.25) is 4.79 Å². The van der Waals surface area contributed by atoms with Crippen LogP contribution in [-0.2, 0) is 0 Å². The normalized spacial score (nSPS) is 14.0. The summed E-state index contributed by atoms with van der Waals surface area (Å²) in [5, 5.41) is 9.02. The molecular weight excluding hydrogens is 483 g/mol. The number of amides is 1. The third-order valence-corrected chi connectivity index (χ3v) is 8.60. The van der Waals surface area contributed by atoms with E-state index in [2.05, 4.69) is 50.4 Å². The summed E-state index contributed by atoms with van der Waals surface area (Å²) in [7, 11) is 0. The van der Waals surface area contributed by atoms with Gasteiger partial charge in [-0.1, -0.05) is 30.3 Å². The molecule has 4 heterocycles. The lowest BCUT2D eigenvalue weighted by Crippen LogP contribution is -2.47. The first-order valence-electron chi connectivity index (χ1n) is 11.0. The average molecular weight is 504 g/mol. The van der Waals surface area contributed by atoms with Crippen molar-refractivity contribution in [1.82, 2.24) is 9.36 Å². The number of thiazole rings is 1. The van der Waals surface area contributed by atoms with Crippen molar-refractivity contribution >= 4 is 67.4 Å². The van der Waals surface area contributed by atoms with E-state index >= 15 is 0 Å². The number of nitrogens with one attached hydrogen (secondary N) is 1. The molecule has 1 amide bonds. The van der Waals surface area contributed by atoms with Crippen LogP contribution >= 0.6 is 34.2 Å². The molecule has 170 valence electrons. The second-order valence-electron chi connectivity index (χ2n) is 7.96. The van der Waals surface area contributed by atoms with Crippen molar-refractivity contribution in [2.75, 3.05) is 41.3 Å². The molecule has 6 rings (SSSR count). The number of para-hydroxylation sites is 2. The zero-order valence-corrected chi connectivity index (χ0v) is 20.6. The number of carbonyl (C=O) groups excluding carboxylic acids is 1. The summed E-state index contributed by atoms with van der Waals surface area (Å²) in [6, 6.07) is 20.4. The standard InChI is InChI=1S/C25H21N5OS3/c31-24(19-16-33-25(27-19)22-10-5-15-32-22)26-18-7-2-3-8-20(18)29-11-13-30(14-12-29)23-17-6-1-4-9-21(17)34-28-23/h1-10,15-16H,11-14H2,(H,26,31). The van der Waals surface area contributed by atoms with Crippen molar-refractivity contribution in [1.29, 1.82) is 0 Å². The second kappa shape index (κ2) is 9.17. The maximum Gasteiger partial charge on any atom is 0.275 e. The van der Waals surface area contributed by atoms with E-state index in [1.54, 1.807) is 22.9 Å². The van der Waals surface area contributed by atoms with Gasteiger partial charge in [-0.05, 0) is 47.2 Å². The number of carbonyl (C=O) groups is 1. The summed E-state index contributed by atoms with van der Waals surface area (Å²) < 4.78 is 5.93. The van der Waals surface area contributed by atoms with Gasteiger partial charge in [-0.25, -0.2) is 4.98 Å². The van der Waals surface area contributed by atoms with E-state index in [9.17, 15) is 4.79 Å². The van der Waals surface area contributed by atoms with Gasteiger partial charge in [0.25, 0.3) is 5.91 Å². The highest BCUT2D eigenvalue weighted by Gasteiger charge is 2.23. The molecule has 0 saturated carbocycles. The van der Waals surface area contributed by atoms with Gasteiger partial charge in [0.1, 0.15) is 16.5 Å². The molecule has 9 heteroatoms. The van der Waals surface area contributed by atoms with Crippen LogP contribution in [0.3, 0.4) is 0 Å². The Bertz CT molecular complexity index is 1430. The minimum absolute atomic E-state index is 0.181. The third-order valence-electron chi connectivity index (χ3n) is 5.90. The van der Waals surface area contributed by atoms with Gasteiger partial charge in [-0.2, -0.15) is 4.37 Å².